The SMILES string of the molecule is CCOS(=O)(=O)NCC(O)O.[NaH]. The maximum atomic E-state index is 10.6. The van der Waals surface area contributed by atoms with Crippen LogP contribution in [0.5, 0.6) is 0 Å². The van der Waals surface area contributed by atoms with Gasteiger partial charge < -0.3 is 10.2 Å². The van der Waals surface area contributed by atoms with Crippen molar-refractivity contribution in [3.05, 3.63) is 0 Å². The van der Waals surface area contributed by atoms with Crippen LogP contribution in [0.15, 0.2) is 0 Å². The zero-order valence-corrected chi connectivity index (χ0v) is 6.84. The monoisotopic (exact) mass is 209 g/mol. The summed E-state index contributed by atoms with van der Waals surface area (Å²) in [5, 5.41) is 16.5. The summed E-state index contributed by atoms with van der Waals surface area (Å²) in [7, 11) is -3.80. The van der Waals surface area contributed by atoms with Gasteiger partial charge in [-0.1, -0.05) is 0 Å². The molecule has 0 spiro atoms. The van der Waals surface area contributed by atoms with Gasteiger partial charge in [0.1, 0.15) is 0 Å². The van der Waals surface area contributed by atoms with Gasteiger partial charge in [-0.15, -0.1) is 0 Å². The molecule has 0 radical (unpaired) electrons. The van der Waals surface area contributed by atoms with Crippen molar-refractivity contribution in [2.75, 3.05) is 13.2 Å². The van der Waals surface area contributed by atoms with Crippen LogP contribution in [0.25, 0.3) is 0 Å². The van der Waals surface area contributed by atoms with Crippen LogP contribution in [-0.4, -0.2) is 67.6 Å². The topological polar surface area (TPSA) is 95.9 Å². The van der Waals surface area contributed by atoms with Crippen LogP contribution in [0.4, 0.5) is 0 Å². The first-order chi connectivity index (χ1) is 4.98. The van der Waals surface area contributed by atoms with E-state index in [1.54, 1.807) is 0 Å². The molecule has 6 nitrogen and oxygen atoms in total. The second-order valence-corrected chi connectivity index (χ2v) is 3.12. The predicted octanol–water partition coefficient (Wildman–Crippen LogP) is -2.48. The van der Waals surface area contributed by atoms with E-state index in [0.29, 0.717) is 0 Å². The van der Waals surface area contributed by atoms with Crippen LogP contribution < -0.4 is 4.72 Å². The van der Waals surface area contributed by atoms with E-state index in [0.717, 1.165) is 0 Å². The summed E-state index contributed by atoms with van der Waals surface area (Å²) < 4.78 is 27.2. The zero-order chi connectivity index (χ0) is 8.91. The Kier molecular flexibility index (Phi) is 9.19. The van der Waals surface area contributed by atoms with Crippen molar-refractivity contribution < 1.29 is 22.8 Å². The normalized spacial score (nSPS) is 11.3. The minimum atomic E-state index is -3.80. The second-order valence-electron chi connectivity index (χ2n) is 1.69. The number of aliphatic hydroxyl groups is 2. The molecule has 0 fully saturated rings. The molecule has 0 saturated heterocycles. The van der Waals surface area contributed by atoms with E-state index in [4.69, 9.17) is 10.2 Å². The average molecular weight is 209 g/mol. The summed E-state index contributed by atoms with van der Waals surface area (Å²) in [5.74, 6) is 0. The number of aliphatic hydroxyl groups excluding tert-OH is 1. The third-order valence-electron chi connectivity index (χ3n) is 0.716. The summed E-state index contributed by atoms with van der Waals surface area (Å²) in [6.45, 7) is 1.05. The van der Waals surface area contributed by atoms with Gasteiger partial charge in [-0.3, -0.25) is 4.18 Å². The summed E-state index contributed by atoms with van der Waals surface area (Å²) in [4.78, 5) is 0. The van der Waals surface area contributed by atoms with Crippen LogP contribution in [0, 0.1) is 0 Å². The molecule has 0 aliphatic carbocycles. The van der Waals surface area contributed by atoms with Crippen molar-refractivity contribution in [1.82, 2.24) is 4.72 Å². The molecule has 0 aromatic carbocycles. The zero-order valence-electron chi connectivity index (χ0n) is 6.02. The van der Waals surface area contributed by atoms with Crippen LogP contribution >= 0.6 is 0 Å². The first-order valence-corrected chi connectivity index (χ1v) is 4.39. The van der Waals surface area contributed by atoms with Gasteiger partial charge in [-0.2, -0.15) is 13.1 Å². The van der Waals surface area contributed by atoms with Gasteiger partial charge in [0.15, 0.2) is 6.29 Å². The Bertz CT molecular complexity index is 192. The fourth-order valence-electron chi connectivity index (χ4n) is 0.373. The molecular weight excluding hydrogens is 197 g/mol. The second kappa shape index (κ2) is 7.22. The van der Waals surface area contributed by atoms with Gasteiger partial charge in [0.2, 0.25) is 0 Å². The van der Waals surface area contributed by atoms with Gasteiger partial charge in [0, 0.05) is 0 Å². The molecule has 12 heavy (non-hydrogen) atoms. The van der Waals surface area contributed by atoms with Gasteiger partial charge in [-0.05, 0) is 6.92 Å². The predicted molar refractivity (Wildman–Crippen MR) is 43.9 cm³/mol. The van der Waals surface area contributed by atoms with Gasteiger partial charge in [0.05, 0.1) is 13.2 Å². The van der Waals surface area contributed by atoms with E-state index < -0.39 is 23.1 Å². The number of nitrogens with one attached hydrogen (secondary N) is 1. The van der Waals surface area contributed by atoms with Crippen molar-refractivity contribution >= 4 is 39.9 Å². The van der Waals surface area contributed by atoms with Crippen LogP contribution in [-0.2, 0) is 14.5 Å². The Labute approximate surface area is 93.5 Å². The Morgan fingerprint density at radius 3 is 2.33 bits per heavy atom. The van der Waals surface area contributed by atoms with Crippen LogP contribution in [0.3, 0.4) is 0 Å². The molecule has 0 aliphatic rings. The Morgan fingerprint density at radius 2 is 2.00 bits per heavy atom. The third-order valence-corrected chi connectivity index (χ3v) is 1.78. The fourth-order valence-corrected chi connectivity index (χ4v) is 1.12. The Hall–Kier alpha value is 0.790. The number of hydrogen-bond donors (Lipinski definition) is 3. The average Bonchev–Trinajstić information content (AvgIpc) is 1.84. The van der Waals surface area contributed by atoms with E-state index in [1.807, 2.05) is 4.72 Å². The third kappa shape index (κ3) is 8.88. The summed E-state index contributed by atoms with van der Waals surface area (Å²) in [6.07, 6.45) is -1.70. The molecule has 0 saturated carbocycles. The number of rotatable bonds is 5. The van der Waals surface area contributed by atoms with Crippen molar-refractivity contribution in [2.24, 2.45) is 0 Å². The molecule has 0 heterocycles. The van der Waals surface area contributed by atoms with Crippen molar-refractivity contribution in [2.45, 2.75) is 13.2 Å². The Morgan fingerprint density at radius 1 is 1.50 bits per heavy atom. The molecule has 8 heteroatoms. The van der Waals surface area contributed by atoms with Crippen molar-refractivity contribution in [3.8, 4) is 0 Å². The summed E-state index contributed by atoms with van der Waals surface area (Å²) >= 11 is 0. The standard InChI is InChI=1S/C4H11NO5S.Na.H/c1-2-10-11(8,9)5-3-4(6)7;;/h4-7H,2-3H2,1H3;;. The number of hydrogen-bond acceptors (Lipinski definition) is 5. The molecule has 0 rings (SSSR count). The molecule has 70 valence electrons. The maximum absolute atomic E-state index is 10.6. The molecule has 0 amide bonds. The van der Waals surface area contributed by atoms with Gasteiger partial charge >= 0.3 is 39.9 Å². The quantitative estimate of drug-likeness (QED) is 0.344. The van der Waals surface area contributed by atoms with E-state index >= 15 is 0 Å². The van der Waals surface area contributed by atoms with Crippen LogP contribution in [0.1, 0.15) is 6.92 Å². The van der Waals surface area contributed by atoms with Gasteiger partial charge in [0.25, 0.3) is 0 Å². The van der Waals surface area contributed by atoms with E-state index in [-0.39, 0.29) is 36.2 Å². The molecule has 0 aromatic rings. The molecule has 0 unspecified atom stereocenters. The van der Waals surface area contributed by atoms with E-state index in [9.17, 15) is 8.42 Å². The van der Waals surface area contributed by atoms with Crippen molar-refractivity contribution in [3.63, 3.8) is 0 Å². The molecule has 0 atom stereocenters. The fraction of sp³-hybridized carbons (Fsp3) is 1.00. The molecule has 0 aliphatic heterocycles. The Balaban J connectivity index is 0. The molecule has 3 N–H and O–H groups in total. The molecule has 0 bridgehead atoms. The molecular formula is C4H12NNaO5S. The van der Waals surface area contributed by atoms with Crippen LogP contribution in [0.2, 0.25) is 0 Å². The summed E-state index contributed by atoms with van der Waals surface area (Å²) in [5.41, 5.74) is 0. The first kappa shape index (κ1) is 15.3. The van der Waals surface area contributed by atoms with Gasteiger partial charge in [-0.25, -0.2) is 0 Å². The first-order valence-electron chi connectivity index (χ1n) is 2.98. The minimum absolute atomic E-state index is 0. The molecule has 0 aromatic heterocycles. The van der Waals surface area contributed by atoms with Crippen molar-refractivity contribution in [1.29, 1.82) is 0 Å². The van der Waals surface area contributed by atoms with E-state index in [1.165, 1.54) is 6.92 Å². The summed E-state index contributed by atoms with van der Waals surface area (Å²) in [6, 6.07) is 0. The van der Waals surface area contributed by atoms with E-state index in [2.05, 4.69) is 4.18 Å².